The van der Waals surface area contributed by atoms with Crippen LogP contribution in [0.5, 0.6) is 0 Å². The Morgan fingerprint density at radius 3 is 2.72 bits per heavy atom. The largest absolute Gasteiger partial charge is 0.316 e. The molecule has 0 radical (unpaired) electrons. The molecule has 0 saturated heterocycles. The van der Waals surface area contributed by atoms with Crippen LogP contribution < -0.4 is 5.32 Å². The summed E-state index contributed by atoms with van der Waals surface area (Å²) in [7, 11) is 0. The molecule has 0 bridgehead atoms. The minimum absolute atomic E-state index is 0.444. The smallest absolute Gasteiger partial charge is 0.0285 e. The van der Waals surface area contributed by atoms with Crippen LogP contribution in [0.4, 0.5) is 0 Å². The van der Waals surface area contributed by atoms with Crippen molar-refractivity contribution in [3.63, 3.8) is 0 Å². The van der Waals surface area contributed by atoms with E-state index in [-0.39, 0.29) is 0 Å². The number of hydrogen-bond acceptors (Lipinski definition) is 2. The SMILES string of the molecule is CC(C)CNCC(C)(Cc1cc(Br)cs1)C1CC1. The Kier molecular flexibility index (Phi) is 4.90. The second-order valence-corrected chi connectivity index (χ2v) is 8.27. The molecule has 0 spiro atoms. The highest BCUT2D eigenvalue weighted by Gasteiger charge is 2.41. The molecule has 1 aliphatic carbocycles. The quantitative estimate of drug-likeness (QED) is 0.763. The van der Waals surface area contributed by atoms with Crippen LogP contribution in [-0.4, -0.2) is 13.1 Å². The molecule has 3 heteroatoms. The van der Waals surface area contributed by atoms with E-state index in [0.717, 1.165) is 24.9 Å². The molecule has 1 N–H and O–H groups in total. The maximum Gasteiger partial charge on any atom is 0.0285 e. The standard InChI is InChI=1S/C15H24BrNS/c1-11(2)8-17-10-15(3,12-4-5-12)7-14-6-13(16)9-18-14/h6,9,11-12,17H,4-5,7-8,10H2,1-3H3. The molecule has 2 rings (SSSR count). The van der Waals surface area contributed by atoms with Gasteiger partial charge in [-0.1, -0.05) is 20.8 Å². The molecule has 1 aromatic heterocycles. The predicted octanol–water partition coefficient (Wildman–Crippen LogP) is 4.72. The fourth-order valence-corrected chi connectivity index (χ4v) is 4.27. The van der Waals surface area contributed by atoms with Gasteiger partial charge in [-0.2, -0.15) is 0 Å². The Morgan fingerprint density at radius 1 is 1.50 bits per heavy atom. The lowest BCUT2D eigenvalue weighted by atomic mass is 9.80. The monoisotopic (exact) mass is 329 g/mol. The normalized spacial score (nSPS) is 19.2. The van der Waals surface area contributed by atoms with E-state index >= 15 is 0 Å². The van der Waals surface area contributed by atoms with Crippen molar-refractivity contribution in [2.45, 2.75) is 40.0 Å². The maximum absolute atomic E-state index is 3.67. The second kappa shape index (κ2) is 6.06. The molecule has 1 heterocycles. The van der Waals surface area contributed by atoms with Crippen molar-refractivity contribution in [2.24, 2.45) is 17.3 Å². The number of thiophene rings is 1. The first-order valence-corrected chi connectivity index (χ1v) is 8.60. The van der Waals surface area contributed by atoms with Crippen LogP contribution in [0, 0.1) is 17.3 Å². The first-order chi connectivity index (χ1) is 8.49. The van der Waals surface area contributed by atoms with Gasteiger partial charge in [0.1, 0.15) is 0 Å². The Morgan fingerprint density at radius 2 is 2.22 bits per heavy atom. The molecule has 1 atom stereocenters. The van der Waals surface area contributed by atoms with Crippen molar-refractivity contribution < 1.29 is 0 Å². The first kappa shape index (κ1) is 14.5. The Bertz CT molecular complexity index is 384. The molecule has 1 fully saturated rings. The third-order valence-corrected chi connectivity index (χ3v) is 5.54. The average Bonchev–Trinajstić information content (AvgIpc) is 3.04. The zero-order valence-electron chi connectivity index (χ0n) is 11.6. The molecule has 18 heavy (non-hydrogen) atoms. The molecule has 102 valence electrons. The van der Waals surface area contributed by atoms with Crippen molar-refractivity contribution in [3.05, 3.63) is 20.8 Å². The van der Waals surface area contributed by atoms with E-state index in [0.29, 0.717) is 5.41 Å². The molecule has 1 aliphatic rings. The van der Waals surface area contributed by atoms with Gasteiger partial charge in [0.05, 0.1) is 0 Å². The lowest BCUT2D eigenvalue weighted by molar-refractivity contribution is 0.254. The minimum Gasteiger partial charge on any atom is -0.316 e. The van der Waals surface area contributed by atoms with Gasteiger partial charge in [-0.3, -0.25) is 0 Å². The van der Waals surface area contributed by atoms with E-state index < -0.39 is 0 Å². The van der Waals surface area contributed by atoms with Gasteiger partial charge in [0, 0.05) is 21.3 Å². The van der Waals surface area contributed by atoms with Crippen LogP contribution in [0.25, 0.3) is 0 Å². The summed E-state index contributed by atoms with van der Waals surface area (Å²) in [4.78, 5) is 1.52. The third kappa shape index (κ3) is 4.07. The molecule has 0 aliphatic heterocycles. The van der Waals surface area contributed by atoms with Crippen LogP contribution in [0.3, 0.4) is 0 Å². The molecule has 1 saturated carbocycles. The third-order valence-electron chi connectivity index (χ3n) is 3.84. The van der Waals surface area contributed by atoms with Gasteiger partial charge in [0.25, 0.3) is 0 Å². The zero-order valence-corrected chi connectivity index (χ0v) is 14.0. The summed E-state index contributed by atoms with van der Waals surface area (Å²) < 4.78 is 1.23. The Labute approximate surface area is 123 Å². The Balaban J connectivity index is 1.93. The lowest BCUT2D eigenvalue weighted by Gasteiger charge is -2.30. The van der Waals surface area contributed by atoms with Gasteiger partial charge in [-0.15, -0.1) is 11.3 Å². The summed E-state index contributed by atoms with van der Waals surface area (Å²) in [5, 5.41) is 5.87. The summed E-state index contributed by atoms with van der Waals surface area (Å²) >= 11 is 5.45. The van der Waals surface area contributed by atoms with Gasteiger partial charge in [-0.05, 0) is 65.1 Å². The van der Waals surface area contributed by atoms with Gasteiger partial charge in [-0.25, -0.2) is 0 Å². The van der Waals surface area contributed by atoms with Crippen LogP contribution >= 0.6 is 27.3 Å². The maximum atomic E-state index is 3.67. The molecular weight excluding hydrogens is 306 g/mol. The van der Waals surface area contributed by atoms with E-state index in [2.05, 4.69) is 53.5 Å². The Hall–Kier alpha value is 0.140. The van der Waals surface area contributed by atoms with E-state index in [9.17, 15) is 0 Å². The number of rotatable bonds is 7. The van der Waals surface area contributed by atoms with E-state index in [1.165, 1.54) is 28.6 Å². The van der Waals surface area contributed by atoms with E-state index in [4.69, 9.17) is 0 Å². The van der Waals surface area contributed by atoms with Gasteiger partial charge in [0.15, 0.2) is 0 Å². The van der Waals surface area contributed by atoms with Gasteiger partial charge < -0.3 is 5.32 Å². The fraction of sp³-hybridized carbons (Fsp3) is 0.733. The van der Waals surface area contributed by atoms with Crippen molar-refractivity contribution in [1.82, 2.24) is 5.32 Å². The summed E-state index contributed by atoms with van der Waals surface area (Å²) in [6, 6.07) is 2.29. The number of hydrogen-bond donors (Lipinski definition) is 1. The second-order valence-electron chi connectivity index (χ2n) is 6.36. The zero-order chi connectivity index (χ0) is 13.2. The molecule has 1 aromatic rings. The predicted molar refractivity (Wildman–Crippen MR) is 84.3 cm³/mol. The summed E-state index contributed by atoms with van der Waals surface area (Å²) in [6.45, 7) is 9.31. The highest BCUT2D eigenvalue weighted by Crippen LogP contribution is 2.47. The summed E-state index contributed by atoms with van der Waals surface area (Å²) in [6.07, 6.45) is 4.07. The van der Waals surface area contributed by atoms with Crippen molar-refractivity contribution in [1.29, 1.82) is 0 Å². The first-order valence-electron chi connectivity index (χ1n) is 6.93. The van der Waals surface area contributed by atoms with Crippen molar-refractivity contribution >= 4 is 27.3 Å². The highest BCUT2D eigenvalue weighted by atomic mass is 79.9. The van der Waals surface area contributed by atoms with Crippen LogP contribution in [0.1, 0.15) is 38.5 Å². The van der Waals surface area contributed by atoms with Crippen LogP contribution in [0.15, 0.2) is 15.9 Å². The van der Waals surface area contributed by atoms with Crippen LogP contribution in [-0.2, 0) is 6.42 Å². The molecule has 0 amide bonds. The topological polar surface area (TPSA) is 12.0 Å². The number of nitrogens with one attached hydrogen (secondary N) is 1. The van der Waals surface area contributed by atoms with Crippen molar-refractivity contribution in [3.8, 4) is 0 Å². The summed E-state index contributed by atoms with van der Waals surface area (Å²) in [5.41, 5.74) is 0.444. The molecular formula is C15H24BrNS. The highest BCUT2D eigenvalue weighted by molar-refractivity contribution is 9.10. The summed E-state index contributed by atoms with van der Waals surface area (Å²) in [5.74, 6) is 1.67. The average molecular weight is 330 g/mol. The van der Waals surface area contributed by atoms with E-state index in [1.54, 1.807) is 0 Å². The molecule has 1 nitrogen and oxygen atoms in total. The fourth-order valence-electron chi connectivity index (χ4n) is 2.62. The van der Waals surface area contributed by atoms with E-state index in [1.807, 2.05) is 11.3 Å². The lowest BCUT2D eigenvalue weighted by Crippen LogP contribution is -2.37. The van der Waals surface area contributed by atoms with Gasteiger partial charge >= 0.3 is 0 Å². The molecule has 1 unspecified atom stereocenters. The number of halogens is 1. The minimum atomic E-state index is 0.444. The van der Waals surface area contributed by atoms with Crippen molar-refractivity contribution in [2.75, 3.05) is 13.1 Å². The van der Waals surface area contributed by atoms with Crippen LogP contribution in [0.2, 0.25) is 0 Å². The van der Waals surface area contributed by atoms with Gasteiger partial charge in [0.2, 0.25) is 0 Å². The molecule has 0 aromatic carbocycles.